The van der Waals surface area contributed by atoms with Crippen LogP contribution in [0.4, 0.5) is 8.78 Å². The maximum atomic E-state index is 12.1. The van der Waals surface area contributed by atoms with Crippen LogP contribution in [0.15, 0.2) is 35.9 Å². The molecule has 5 heteroatoms. The van der Waals surface area contributed by atoms with E-state index in [-0.39, 0.29) is 11.8 Å². The molecule has 0 aliphatic heterocycles. The van der Waals surface area contributed by atoms with E-state index < -0.39 is 12.9 Å². The van der Waals surface area contributed by atoms with Crippen LogP contribution in [0.5, 0.6) is 0 Å². The molecule has 0 bridgehead atoms. The Bertz CT molecular complexity index is 221. The van der Waals surface area contributed by atoms with Crippen LogP contribution < -0.4 is 0 Å². The molecule has 0 radical (unpaired) electrons. The molecule has 2 nitrogen and oxygen atoms in total. The summed E-state index contributed by atoms with van der Waals surface area (Å²) in [5.74, 6) is -1.07. The maximum absolute atomic E-state index is 12.1. The normalized spacial score (nSPS) is 14.1. The minimum absolute atomic E-state index is 0.104. The van der Waals surface area contributed by atoms with E-state index in [0.29, 0.717) is 0 Å². The van der Waals surface area contributed by atoms with Gasteiger partial charge < -0.3 is 10.0 Å². The number of rotatable bonds is 3. The Kier molecular flexibility index (Phi) is 5.24. The van der Waals surface area contributed by atoms with Gasteiger partial charge in [0, 0.05) is 0 Å². The molecule has 0 aromatic rings. The highest BCUT2D eigenvalue weighted by molar-refractivity contribution is 6.51. The van der Waals surface area contributed by atoms with Gasteiger partial charge in [0.05, 0.1) is 0 Å². The first kappa shape index (κ1) is 11.1. The fourth-order valence-electron chi connectivity index (χ4n) is 0.544. The largest absolute Gasteiger partial charge is 0.488 e. The van der Waals surface area contributed by atoms with Gasteiger partial charge in [0.2, 0.25) is 0 Å². The van der Waals surface area contributed by atoms with Gasteiger partial charge in [0.25, 0.3) is 0 Å². The third-order valence-electron chi connectivity index (χ3n) is 1.17. The van der Waals surface area contributed by atoms with Gasteiger partial charge in [-0.1, -0.05) is 12.2 Å². The Balaban J connectivity index is 4.32. The molecular formula is C7H9BF2O2. The van der Waals surface area contributed by atoms with Crippen molar-refractivity contribution >= 4 is 7.12 Å². The molecule has 0 spiro atoms. The van der Waals surface area contributed by atoms with Crippen molar-refractivity contribution in [3.8, 4) is 0 Å². The van der Waals surface area contributed by atoms with Crippen LogP contribution in [0.25, 0.3) is 0 Å². The molecule has 0 aromatic carbocycles. The fourth-order valence-corrected chi connectivity index (χ4v) is 0.544. The van der Waals surface area contributed by atoms with Gasteiger partial charge in [0.1, 0.15) is 6.33 Å². The summed E-state index contributed by atoms with van der Waals surface area (Å²) in [6.45, 7) is 1.55. The zero-order valence-electron chi connectivity index (χ0n) is 6.54. The van der Waals surface area contributed by atoms with Crippen molar-refractivity contribution in [1.82, 2.24) is 0 Å². The molecule has 0 saturated carbocycles. The Morgan fingerprint density at radius 1 is 1.33 bits per heavy atom. The van der Waals surface area contributed by atoms with Crippen molar-refractivity contribution in [2.75, 3.05) is 0 Å². The Morgan fingerprint density at radius 3 is 2.25 bits per heavy atom. The molecule has 0 aliphatic rings. The maximum Gasteiger partial charge on any atom is 0.488 e. The summed E-state index contributed by atoms with van der Waals surface area (Å²) in [6, 6.07) is 0. The van der Waals surface area contributed by atoms with Gasteiger partial charge in [0.15, 0.2) is 5.83 Å². The first-order valence-electron chi connectivity index (χ1n) is 3.28. The highest BCUT2D eigenvalue weighted by Crippen LogP contribution is 2.04. The molecule has 0 saturated heterocycles. The summed E-state index contributed by atoms with van der Waals surface area (Å²) >= 11 is 0. The number of hydrogen-bond acceptors (Lipinski definition) is 2. The predicted molar refractivity (Wildman–Crippen MR) is 43.4 cm³/mol. The second kappa shape index (κ2) is 5.68. The van der Waals surface area contributed by atoms with E-state index in [9.17, 15) is 8.78 Å². The molecule has 0 fully saturated rings. The minimum atomic E-state index is -1.67. The Morgan fingerprint density at radius 2 is 1.92 bits per heavy atom. The topological polar surface area (TPSA) is 40.5 Å². The van der Waals surface area contributed by atoms with Crippen LogP contribution in [0.2, 0.25) is 0 Å². The van der Waals surface area contributed by atoms with Crippen molar-refractivity contribution in [3.05, 3.63) is 35.9 Å². The van der Waals surface area contributed by atoms with E-state index in [0.717, 1.165) is 12.2 Å². The van der Waals surface area contributed by atoms with Crippen LogP contribution in [-0.2, 0) is 0 Å². The molecule has 0 aliphatic carbocycles. The fraction of sp³-hybridized carbons (Fsp3) is 0.143. The third kappa shape index (κ3) is 4.05. The zero-order valence-corrected chi connectivity index (χ0v) is 6.54. The van der Waals surface area contributed by atoms with Crippen LogP contribution in [0.3, 0.4) is 0 Å². The molecule has 66 valence electrons. The molecule has 0 unspecified atom stereocenters. The highest BCUT2D eigenvalue weighted by Gasteiger charge is 2.09. The van der Waals surface area contributed by atoms with Crippen molar-refractivity contribution in [2.24, 2.45) is 0 Å². The lowest BCUT2D eigenvalue weighted by Crippen LogP contribution is -2.13. The quantitative estimate of drug-likeness (QED) is 0.499. The molecule has 0 amide bonds. The Labute approximate surface area is 69.7 Å². The summed E-state index contributed by atoms with van der Waals surface area (Å²) in [4.78, 5) is 0. The Hall–Kier alpha value is -0.935. The zero-order chi connectivity index (χ0) is 9.56. The summed E-state index contributed by atoms with van der Waals surface area (Å²) in [7, 11) is -1.67. The van der Waals surface area contributed by atoms with Gasteiger partial charge in [-0.2, -0.15) is 0 Å². The first-order chi connectivity index (χ1) is 5.61. The van der Waals surface area contributed by atoms with E-state index in [1.807, 2.05) is 0 Å². The molecule has 12 heavy (non-hydrogen) atoms. The van der Waals surface area contributed by atoms with Crippen molar-refractivity contribution < 1.29 is 18.8 Å². The lowest BCUT2D eigenvalue weighted by Gasteiger charge is -1.96. The number of allylic oxidation sites excluding steroid dienone is 5. The van der Waals surface area contributed by atoms with Crippen LogP contribution in [-0.4, -0.2) is 17.2 Å². The van der Waals surface area contributed by atoms with E-state index in [4.69, 9.17) is 10.0 Å². The van der Waals surface area contributed by atoms with Crippen molar-refractivity contribution in [3.63, 3.8) is 0 Å². The van der Waals surface area contributed by atoms with Gasteiger partial charge >= 0.3 is 7.12 Å². The van der Waals surface area contributed by atoms with Gasteiger partial charge in [-0.3, -0.25) is 0 Å². The monoisotopic (exact) mass is 174 g/mol. The van der Waals surface area contributed by atoms with Crippen molar-refractivity contribution in [2.45, 2.75) is 6.92 Å². The average Bonchev–Trinajstić information content (AvgIpc) is 2.04. The summed E-state index contributed by atoms with van der Waals surface area (Å²) in [5.41, 5.74) is 0.104. The molecule has 0 heterocycles. The van der Waals surface area contributed by atoms with Gasteiger partial charge in [-0.05, 0) is 18.5 Å². The molecule has 0 atom stereocenters. The molecule has 0 rings (SSSR count). The number of halogens is 2. The lowest BCUT2D eigenvalue weighted by molar-refractivity contribution is 0.420. The van der Waals surface area contributed by atoms with E-state index in [1.165, 1.54) is 6.08 Å². The second-order valence-electron chi connectivity index (χ2n) is 1.99. The summed E-state index contributed by atoms with van der Waals surface area (Å²) < 4.78 is 23.5. The smallest absolute Gasteiger partial charge is 0.423 e. The van der Waals surface area contributed by atoms with Gasteiger partial charge in [-0.25, -0.2) is 8.78 Å². The van der Waals surface area contributed by atoms with Crippen LogP contribution >= 0.6 is 0 Å². The van der Waals surface area contributed by atoms with Crippen LogP contribution in [0, 0.1) is 0 Å². The second-order valence-corrected chi connectivity index (χ2v) is 1.99. The predicted octanol–water partition coefficient (Wildman–Crippen LogP) is 1.28. The van der Waals surface area contributed by atoms with E-state index in [1.54, 1.807) is 6.92 Å². The molecule has 2 N–H and O–H groups in total. The van der Waals surface area contributed by atoms with E-state index >= 15 is 0 Å². The standard InChI is InChI=1S/C7H9BF2O2/c1-2-6(8(11)12)3-4-7(10)5-9/h2-5,11-12H,1H3/b4-3-,6-2+,7-5-. The summed E-state index contributed by atoms with van der Waals surface area (Å²) in [5, 5.41) is 17.2. The first-order valence-corrected chi connectivity index (χ1v) is 3.28. The van der Waals surface area contributed by atoms with Crippen LogP contribution in [0.1, 0.15) is 6.92 Å². The molecular weight excluding hydrogens is 165 g/mol. The minimum Gasteiger partial charge on any atom is -0.423 e. The number of hydrogen-bond donors (Lipinski definition) is 2. The van der Waals surface area contributed by atoms with Gasteiger partial charge in [-0.15, -0.1) is 0 Å². The highest BCUT2D eigenvalue weighted by atomic mass is 19.2. The van der Waals surface area contributed by atoms with E-state index in [2.05, 4.69) is 0 Å². The summed E-state index contributed by atoms with van der Waals surface area (Å²) in [6.07, 6.45) is 3.05. The average molecular weight is 174 g/mol. The lowest BCUT2D eigenvalue weighted by atomic mass is 9.79. The SMILES string of the molecule is C\C=C(/C=C\C(F)=C\F)B(O)O. The third-order valence-corrected chi connectivity index (χ3v) is 1.17. The van der Waals surface area contributed by atoms with Crippen molar-refractivity contribution in [1.29, 1.82) is 0 Å². The molecule has 0 aromatic heterocycles.